The Bertz CT molecular complexity index is 1170. The number of nitrogens with zero attached hydrogens (tertiary/aromatic N) is 2. The lowest BCUT2D eigenvalue weighted by Gasteiger charge is -2.51. The second-order valence-corrected chi connectivity index (χ2v) is 11.6. The molecule has 1 aliphatic carbocycles. The fourth-order valence-corrected chi connectivity index (χ4v) is 7.12. The molecule has 4 aliphatic rings. The van der Waals surface area contributed by atoms with Crippen LogP contribution in [0.25, 0.3) is 0 Å². The first-order valence-electron chi connectivity index (χ1n) is 14.0. The number of fused-ring (bicyclic) bond motifs is 3. The molecule has 1 unspecified atom stereocenters. The summed E-state index contributed by atoms with van der Waals surface area (Å²) in [5, 5.41) is 16.7. The Hall–Kier alpha value is -2.54. The number of benzene rings is 2. The minimum absolute atomic E-state index is 0.142. The van der Waals surface area contributed by atoms with E-state index in [1.807, 2.05) is 36.4 Å². The van der Waals surface area contributed by atoms with Crippen LogP contribution in [0.4, 0.5) is 4.39 Å². The van der Waals surface area contributed by atoms with Crippen molar-refractivity contribution in [3.63, 3.8) is 0 Å². The molecule has 3 saturated heterocycles. The molecular formula is C31H38FN2O3+. The molecule has 1 N–H and O–H groups in total. The molecule has 37 heavy (non-hydrogen) atoms. The first-order valence-corrected chi connectivity index (χ1v) is 14.0. The molecule has 5 nitrogen and oxygen atoms in total. The summed E-state index contributed by atoms with van der Waals surface area (Å²) in [7, 11) is 0. The van der Waals surface area contributed by atoms with Gasteiger partial charge < -0.3 is 18.8 Å². The normalized spacial score (nSPS) is 27.7. The Labute approximate surface area is 218 Å². The lowest BCUT2D eigenvalue weighted by atomic mass is 9.71. The number of piperidine rings is 3. The van der Waals surface area contributed by atoms with Crippen molar-refractivity contribution in [2.45, 2.75) is 69.8 Å². The van der Waals surface area contributed by atoms with Gasteiger partial charge in [0.25, 0.3) is 0 Å². The van der Waals surface area contributed by atoms with Gasteiger partial charge >= 0.3 is 0 Å². The fraction of sp³-hybridized carbons (Fsp3) is 0.516. The SMILES string of the molecule is O[C@](c1ccccc1)(c1cc(C[N+]23CCC(CC2)C(OCc2ccc(F)cc2)C3)on1)C1CCCCC1. The summed E-state index contributed by atoms with van der Waals surface area (Å²) in [6, 6.07) is 18.6. The van der Waals surface area contributed by atoms with E-state index in [0.717, 1.165) is 86.1 Å². The van der Waals surface area contributed by atoms with Gasteiger partial charge in [0.15, 0.2) is 5.76 Å². The molecule has 0 spiro atoms. The molecule has 0 amide bonds. The highest BCUT2D eigenvalue weighted by Gasteiger charge is 2.48. The fourth-order valence-electron chi connectivity index (χ4n) is 7.12. The smallest absolute Gasteiger partial charge is 0.191 e. The molecule has 0 radical (unpaired) electrons. The monoisotopic (exact) mass is 505 g/mol. The molecule has 3 aliphatic heterocycles. The average Bonchev–Trinajstić information content (AvgIpc) is 3.42. The third-order valence-corrected chi connectivity index (χ3v) is 9.27. The second-order valence-electron chi connectivity index (χ2n) is 11.6. The van der Waals surface area contributed by atoms with Crippen LogP contribution >= 0.6 is 0 Å². The zero-order valence-electron chi connectivity index (χ0n) is 21.5. The quantitative estimate of drug-likeness (QED) is 0.384. The summed E-state index contributed by atoms with van der Waals surface area (Å²) in [5.41, 5.74) is 1.43. The first kappa shape index (κ1) is 24.8. The molecule has 2 atom stereocenters. The van der Waals surface area contributed by atoms with E-state index in [2.05, 4.69) is 5.16 Å². The molecule has 196 valence electrons. The number of hydrogen-bond acceptors (Lipinski definition) is 4. The van der Waals surface area contributed by atoms with Gasteiger partial charge in [-0.05, 0) is 42.0 Å². The van der Waals surface area contributed by atoms with Crippen molar-refractivity contribution in [3.8, 4) is 0 Å². The summed E-state index contributed by atoms with van der Waals surface area (Å²) in [6.45, 7) is 4.46. The van der Waals surface area contributed by atoms with Crippen LogP contribution < -0.4 is 0 Å². The maximum Gasteiger partial charge on any atom is 0.191 e. The van der Waals surface area contributed by atoms with Crippen LogP contribution in [0.5, 0.6) is 0 Å². The highest BCUT2D eigenvalue weighted by Crippen LogP contribution is 2.44. The number of aromatic nitrogens is 1. The van der Waals surface area contributed by atoms with Crippen molar-refractivity contribution in [1.82, 2.24) is 5.16 Å². The molecule has 1 saturated carbocycles. The Kier molecular flexibility index (Phi) is 6.91. The summed E-state index contributed by atoms with van der Waals surface area (Å²) in [5.74, 6) is 1.35. The maximum atomic E-state index is 13.3. The third-order valence-electron chi connectivity index (χ3n) is 9.27. The lowest BCUT2D eigenvalue weighted by molar-refractivity contribution is -0.959. The average molecular weight is 506 g/mol. The molecule has 2 bridgehead atoms. The van der Waals surface area contributed by atoms with Crippen LogP contribution in [0.3, 0.4) is 0 Å². The van der Waals surface area contributed by atoms with Crippen LogP contribution in [0.2, 0.25) is 0 Å². The number of rotatable bonds is 8. The molecule has 4 heterocycles. The number of ether oxygens (including phenoxy) is 1. The number of hydrogen-bond donors (Lipinski definition) is 1. The van der Waals surface area contributed by atoms with Crippen molar-refractivity contribution >= 4 is 0 Å². The van der Waals surface area contributed by atoms with E-state index in [0.29, 0.717) is 18.2 Å². The van der Waals surface area contributed by atoms with Gasteiger partial charge in [-0.2, -0.15) is 0 Å². The van der Waals surface area contributed by atoms with Crippen LogP contribution in [0, 0.1) is 17.7 Å². The Morgan fingerprint density at radius 2 is 1.70 bits per heavy atom. The minimum atomic E-state index is -1.13. The summed E-state index contributed by atoms with van der Waals surface area (Å²) >= 11 is 0. The topological polar surface area (TPSA) is 55.5 Å². The predicted octanol–water partition coefficient (Wildman–Crippen LogP) is 5.96. The molecule has 6 heteroatoms. The highest BCUT2D eigenvalue weighted by molar-refractivity contribution is 5.33. The number of aliphatic hydroxyl groups is 1. The third kappa shape index (κ3) is 4.99. The van der Waals surface area contributed by atoms with Crippen LogP contribution in [-0.2, 0) is 23.5 Å². The second kappa shape index (κ2) is 10.3. The van der Waals surface area contributed by atoms with Gasteiger partial charge in [0.1, 0.15) is 36.3 Å². The van der Waals surface area contributed by atoms with Gasteiger partial charge in [-0.25, -0.2) is 4.39 Å². The largest absolute Gasteiger partial charge is 0.378 e. The molecule has 1 aromatic heterocycles. The van der Waals surface area contributed by atoms with Crippen molar-refractivity contribution in [1.29, 1.82) is 0 Å². The molecule has 3 aromatic rings. The van der Waals surface area contributed by atoms with Crippen LogP contribution in [0.15, 0.2) is 65.2 Å². The Morgan fingerprint density at radius 3 is 2.43 bits per heavy atom. The minimum Gasteiger partial charge on any atom is -0.378 e. The van der Waals surface area contributed by atoms with E-state index < -0.39 is 5.60 Å². The van der Waals surface area contributed by atoms with Gasteiger partial charge in [0, 0.05) is 24.8 Å². The zero-order valence-corrected chi connectivity index (χ0v) is 21.5. The van der Waals surface area contributed by atoms with E-state index in [9.17, 15) is 9.50 Å². The summed E-state index contributed by atoms with van der Waals surface area (Å²) in [6.07, 6.45) is 8.01. The van der Waals surface area contributed by atoms with Gasteiger partial charge in [-0.15, -0.1) is 0 Å². The van der Waals surface area contributed by atoms with E-state index in [4.69, 9.17) is 9.26 Å². The predicted molar refractivity (Wildman–Crippen MR) is 139 cm³/mol. The zero-order chi connectivity index (χ0) is 25.3. The van der Waals surface area contributed by atoms with Crippen molar-refractivity contribution in [2.24, 2.45) is 11.8 Å². The Balaban J connectivity index is 1.19. The molecular weight excluding hydrogens is 467 g/mol. The van der Waals surface area contributed by atoms with Crippen molar-refractivity contribution in [3.05, 3.63) is 89.1 Å². The van der Waals surface area contributed by atoms with Crippen molar-refractivity contribution in [2.75, 3.05) is 19.6 Å². The summed E-state index contributed by atoms with van der Waals surface area (Å²) in [4.78, 5) is 0. The van der Waals surface area contributed by atoms with Gasteiger partial charge in [-0.3, -0.25) is 0 Å². The number of quaternary nitrogens is 1. The van der Waals surface area contributed by atoms with Gasteiger partial charge in [-0.1, -0.05) is 66.9 Å². The standard InChI is InChI=1S/C31H38FN2O3/c32-27-13-11-23(12-14-27)22-36-29-21-34(17-15-24(29)16-18-34)20-28-19-30(33-37-28)31(35,25-7-3-1-4-8-25)26-9-5-2-6-10-26/h1,3-4,7-8,11-14,19,24,26,29,35H,2,5-6,9-10,15-18,20-22H2/q+1/t24?,29?,31-,34?/m0/s1. The molecule has 4 fully saturated rings. The highest BCUT2D eigenvalue weighted by atomic mass is 19.1. The molecule has 7 rings (SSSR count). The number of halogens is 1. The van der Waals surface area contributed by atoms with E-state index in [1.165, 1.54) is 18.6 Å². The van der Waals surface area contributed by atoms with E-state index in [1.54, 1.807) is 12.1 Å². The van der Waals surface area contributed by atoms with Gasteiger partial charge in [0.2, 0.25) is 0 Å². The first-order chi connectivity index (χ1) is 18.0. The molecule has 2 aromatic carbocycles. The lowest BCUT2D eigenvalue weighted by Crippen LogP contribution is -2.63. The van der Waals surface area contributed by atoms with E-state index in [-0.39, 0.29) is 17.8 Å². The summed E-state index contributed by atoms with van der Waals surface area (Å²) < 4.78 is 26.5. The van der Waals surface area contributed by atoms with Crippen LogP contribution in [-0.4, -0.2) is 40.5 Å². The van der Waals surface area contributed by atoms with E-state index >= 15 is 0 Å². The maximum absolute atomic E-state index is 13.3. The Morgan fingerprint density at radius 1 is 0.973 bits per heavy atom. The van der Waals surface area contributed by atoms with Crippen molar-refractivity contribution < 1.29 is 23.2 Å². The van der Waals surface area contributed by atoms with Crippen LogP contribution in [0.1, 0.15) is 67.5 Å². The van der Waals surface area contributed by atoms with Gasteiger partial charge in [0.05, 0.1) is 19.7 Å².